The number of amides is 2. The number of fused-ring (bicyclic) bond motifs is 1. The minimum atomic E-state index is -0.483. The molecule has 2 amide bonds. The van der Waals surface area contributed by atoms with E-state index in [-0.39, 0.29) is 11.8 Å². The Morgan fingerprint density at radius 1 is 1.16 bits per heavy atom. The number of carbonyl (C=O) groups excluding carboxylic acids is 2. The highest BCUT2D eigenvalue weighted by molar-refractivity contribution is 6.03. The largest absolute Gasteiger partial charge is 0.497 e. The van der Waals surface area contributed by atoms with Crippen LogP contribution in [0.3, 0.4) is 0 Å². The van der Waals surface area contributed by atoms with E-state index in [9.17, 15) is 9.59 Å². The van der Waals surface area contributed by atoms with Gasteiger partial charge in [-0.2, -0.15) is 0 Å². The van der Waals surface area contributed by atoms with Crippen LogP contribution in [0.2, 0.25) is 0 Å². The number of nitrogens with zero attached hydrogens (tertiary/aromatic N) is 1. The minimum Gasteiger partial charge on any atom is -0.497 e. The first-order valence-corrected chi connectivity index (χ1v) is 8.44. The Bertz CT molecular complexity index is 771. The monoisotopic (exact) mass is 338 g/mol. The quantitative estimate of drug-likeness (QED) is 0.912. The molecule has 130 valence electrons. The van der Waals surface area contributed by atoms with Gasteiger partial charge in [0, 0.05) is 25.1 Å². The number of methoxy groups -OCH3 is 1. The van der Waals surface area contributed by atoms with Crippen LogP contribution in [-0.4, -0.2) is 25.0 Å². The summed E-state index contributed by atoms with van der Waals surface area (Å²) in [5.41, 5.74) is 2.87. The Balaban J connectivity index is 1.71. The summed E-state index contributed by atoms with van der Waals surface area (Å²) < 4.78 is 5.13. The van der Waals surface area contributed by atoms with Crippen LogP contribution in [-0.2, 0) is 22.6 Å². The summed E-state index contributed by atoms with van der Waals surface area (Å²) in [6, 6.07) is 14.8. The highest BCUT2D eigenvalue weighted by Gasteiger charge is 2.37. The zero-order valence-corrected chi connectivity index (χ0v) is 14.5. The van der Waals surface area contributed by atoms with Gasteiger partial charge in [0.15, 0.2) is 0 Å². The molecule has 25 heavy (non-hydrogen) atoms. The number of benzene rings is 2. The molecule has 0 saturated carbocycles. The molecule has 0 unspecified atom stereocenters. The molecule has 0 spiro atoms. The highest BCUT2D eigenvalue weighted by atomic mass is 16.5. The summed E-state index contributed by atoms with van der Waals surface area (Å²) >= 11 is 0. The third-order valence-corrected chi connectivity index (χ3v) is 4.48. The predicted octanol–water partition coefficient (Wildman–Crippen LogP) is 2.68. The number of nitrogens with one attached hydrogen (secondary N) is 1. The van der Waals surface area contributed by atoms with Crippen molar-refractivity contribution >= 4 is 17.5 Å². The summed E-state index contributed by atoms with van der Waals surface area (Å²) in [5, 5.41) is 2.95. The lowest BCUT2D eigenvalue weighted by molar-refractivity contribution is -0.126. The van der Waals surface area contributed by atoms with Crippen molar-refractivity contribution in [2.24, 2.45) is 0 Å². The van der Waals surface area contributed by atoms with Crippen LogP contribution in [0.1, 0.15) is 24.5 Å². The molecule has 2 aromatic rings. The summed E-state index contributed by atoms with van der Waals surface area (Å²) in [4.78, 5) is 26.7. The molecule has 0 bridgehead atoms. The average molecular weight is 338 g/mol. The van der Waals surface area contributed by atoms with Crippen molar-refractivity contribution in [1.82, 2.24) is 5.32 Å². The van der Waals surface area contributed by atoms with E-state index in [4.69, 9.17) is 4.74 Å². The Morgan fingerprint density at radius 3 is 2.56 bits per heavy atom. The van der Waals surface area contributed by atoms with Gasteiger partial charge in [-0.3, -0.25) is 14.5 Å². The van der Waals surface area contributed by atoms with Crippen molar-refractivity contribution in [1.29, 1.82) is 0 Å². The second-order valence-electron chi connectivity index (χ2n) is 6.03. The molecule has 0 aliphatic carbocycles. The first-order chi connectivity index (χ1) is 12.1. The van der Waals surface area contributed by atoms with Gasteiger partial charge in [0.05, 0.1) is 7.11 Å². The number of hydrogen-bond donors (Lipinski definition) is 1. The lowest BCUT2D eigenvalue weighted by Gasteiger charge is -2.24. The SMILES string of the molecule is CCC(=O)N1c2ccccc2C[C@@H]1C(=O)NCc1ccc(OC)cc1. The first kappa shape index (κ1) is 17.0. The lowest BCUT2D eigenvalue weighted by Crippen LogP contribution is -2.47. The fourth-order valence-electron chi connectivity index (χ4n) is 3.12. The van der Waals surface area contributed by atoms with E-state index < -0.39 is 6.04 Å². The number of para-hydroxylation sites is 1. The van der Waals surface area contributed by atoms with E-state index in [1.807, 2.05) is 55.5 Å². The third kappa shape index (κ3) is 3.50. The van der Waals surface area contributed by atoms with Crippen LogP contribution in [0.5, 0.6) is 5.75 Å². The van der Waals surface area contributed by atoms with Crippen LogP contribution in [0, 0.1) is 0 Å². The van der Waals surface area contributed by atoms with Crippen molar-refractivity contribution in [3.63, 3.8) is 0 Å². The maximum absolute atomic E-state index is 12.7. The number of rotatable bonds is 5. The van der Waals surface area contributed by atoms with Gasteiger partial charge in [0.25, 0.3) is 0 Å². The zero-order chi connectivity index (χ0) is 17.8. The van der Waals surface area contributed by atoms with E-state index in [1.165, 1.54) is 0 Å². The molecule has 1 atom stereocenters. The van der Waals surface area contributed by atoms with Crippen molar-refractivity contribution in [2.45, 2.75) is 32.4 Å². The van der Waals surface area contributed by atoms with Gasteiger partial charge in [-0.05, 0) is 29.3 Å². The molecule has 1 aliphatic rings. The van der Waals surface area contributed by atoms with Gasteiger partial charge in [0.1, 0.15) is 11.8 Å². The van der Waals surface area contributed by atoms with Gasteiger partial charge >= 0.3 is 0 Å². The molecule has 3 rings (SSSR count). The maximum atomic E-state index is 12.7. The molecule has 1 heterocycles. The van der Waals surface area contributed by atoms with Crippen LogP contribution in [0.25, 0.3) is 0 Å². The molecule has 1 N–H and O–H groups in total. The first-order valence-electron chi connectivity index (χ1n) is 8.44. The van der Waals surface area contributed by atoms with Crippen LogP contribution >= 0.6 is 0 Å². The Kier molecular flexibility index (Phi) is 5.03. The zero-order valence-electron chi connectivity index (χ0n) is 14.5. The second kappa shape index (κ2) is 7.38. The maximum Gasteiger partial charge on any atom is 0.243 e. The Morgan fingerprint density at radius 2 is 1.88 bits per heavy atom. The molecule has 0 saturated heterocycles. The molecule has 0 aromatic heterocycles. The third-order valence-electron chi connectivity index (χ3n) is 4.48. The molecule has 5 heteroatoms. The predicted molar refractivity (Wildman–Crippen MR) is 96.6 cm³/mol. The van der Waals surface area contributed by atoms with Crippen molar-refractivity contribution in [3.8, 4) is 5.75 Å². The van der Waals surface area contributed by atoms with E-state index in [1.54, 1.807) is 12.0 Å². The van der Waals surface area contributed by atoms with Crippen molar-refractivity contribution in [3.05, 3.63) is 59.7 Å². The summed E-state index contributed by atoms with van der Waals surface area (Å²) in [6.07, 6.45) is 0.924. The van der Waals surface area contributed by atoms with Gasteiger partial charge in [-0.15, -0.1) is 0 Å². The van der Waals surface area contributed by atoms with Gasteiger partial charge < -0.3 is 10.1 Å². The molecule has 5 nitrogen and oxygen atoms in total. The van der Waals surface area contributed by atoms with E-state index >= 15 is 0 Å². The minimum absolute atomic E-state index is 0.0328. The topological polar surface area (TPSA) is 58.6 Å². The highest BCUT2D eigenvalue weighted by Crippen LogP contribution is 2.32. The second-order valence-corrected chi connectivity index (χ2v) is 6.03. The fourth-order valence-corrected chi connectivity index (χ4v) is 3.12. The average Bonchev–Trinajstić information content (AvgIpc) is 3.05. The molecule has 0 radical (unpaired) electrons. The van der Waals surface area contributed by atoms with Crippen LogP contribution < -0.4 is 15.0 Å². The van der Waals surface area contributed by atoms with E-state index in [0.717, 1.165) is 22.6 Å². The smallest absolute Gasteiger partial charge is 0.243 e. The summed E-state index contributed by atoms with van der Waals surface area (Å²) in [5.74, 6) is 0.615. The summed E-state index contributed by atoms with van der Waals surface area (Å²) in [6.45, 7) is 2.24. The van der Waals surface area contributed by atoms with Crippen LogP contribution in [0.4, 0.5) is 5.69 Å². The number of hydrogen-bond acceptors (Lipinski definition) is 3. The van der Waals surface area contributed by atoms with Crippen molar-refractivity contribution < 1.29 is 14.3 Å². The van der Waals surface area contributed by atoms with Gasteiger partial charge in [-0.1, -0.05) is 37.3 Å². The Hall–Kier alpha value is -2.82. The normalized spacial score (nSPS) is 15.6. The van der Waals surface area contributed by atoms with E-state index in [2.05, 4.69) is 5.32 Å². The number of ether oxygens (including phenoxy) is 1. The molecular formula is C20H22N2O3. The number of anilines is 1. The Labute approximate surface area is 147 Å². The standard InChI is InChI=1S/C20H22N2O3/c1-3-19(23)22-17-7-5-4-6-15(17)12-18(22)20(24)21-13-14-8-10-16(25-2)11-9-14/h4-11,18H,3,12-13H2,1-2H3,(H,21,24)/t18-/m1/s1. The summed E-state index contributed by atoms with van der Waals surface area (Å²) in [7, 11) is 1.62. The molecule has 0 fully saturated rings. The molecule has 1 aliphatic heterocycles. The van der Waals surface area contributed by atoms with E-state index in [0.29, 0.717) is 19.4 Å². The van der Waals surface area contributed by atoms with Gasteiger partial charge in [0.2, 0.25) is 11.8 Å². The molecule has 2 aromatic carbocycles. The molecular weight excluding hydrogens is 316 g/mol. The lowest BCUT2D eigenvalue weighted by atomic mass is 10.1. The number of carbonyl (C=O) groups is 2. The fraction of sp³-hybridized carbons (Fsp3) is 0.300. The van der Waals surface area contributed by atoms with Crippen molar-refractivity contribution in [2.75, 3.05) is 12.0 Å². The van der Waals surface area contributed by atoms with Gasteiger partial charge in [-0.25, -0.2) is 0 Å². The van der Waals surface area contributed by atoms with Crippen LogP contribution in [0.15, 0.2) is 48.5 Å².